The minimum absolute atomic E-state index is 0.243. The van der Waals surface area contributed by atoms with Crippen LogP contribution in [0.25, 0.3) is 22.7 Å². The maximum Gasteiger partial charge on any atom is 0.329 e. The molecule has 2 aromatic carbocycles. The number of urea groups is 1. The summed E-state index contributed by atoms with van der Waals surface area (Å²) in [6.45, 7) is 4.28. The lowest BCUT2D eigenvalue weighted by molar-refractivity contribution is -0.123. The standard InChI is InChI=1S/C26H22N4O2/c1-17-13-21(18(2)30(17)22-10-11-23-20(14-22)9-6-12-27-23)15-24-25(31)29(26(32)28-24)16-19-7-4-3-5-8-19/h3-15H,16H2,1-2H3,(H,28,32)/b24-15+. The van der Waals surface area contributed by atoms with E-state index >= 15 is 0 Å². The third kappa shape index (κ3) is 3.46. The van der Waals surface area contributed by atoms with Gasteiger partial charge in [-0.2, -0.15) is 0 Å². The van der Waals surface area contributed by atoms with Gasteiger partial charge in [-0.05, 0) is 61.4 Å². The Kier molecular flexibility index (Phi) is 4.82. The van der Waals surface area contributed by atoms with E-state index in [9.17, 15) is 9.59 Å². The Morgan fingerprint density at radius 2 is 1.78 bits per heavy atom. The van der Waals surface area contributed by atoms with E-state index in [1.807, 2.05) is 74.5 Å². The molecule has 0 bridgehead atoms. The molecule has 1 fully saturated rings. The Hall–Kier alpha value is -4.19. The maximum absolute atomic E-state index is 12.9. The first-order valence-electron chi connectivity index (χ1n) is 10.4. The highest BCUT2D eigenvalue weighted by molar-refractivity contribution is 6.14. The highest BCUT2D eigenvalue weighted by Gasteiger charge is 2.33. The van der Waals surface area contributed by atoms with Crippen molar-refractivity contribution in [1.82, 2.24) is 19.8 Å². The fraction of sp³-hybridized carbons (Fsp3) is 0.115. The Labute approximate surface area is 185 Å². The number of hydrogen-bond acceptors (Lipinski definition) is 3. The van der Waals surface area contributed by atoms with Crippen LogP contribution < -0.4 is 5.32 Å². The van der Waals surface area contributed by atoms with E-state index in [1.165, 1.54) is 4.90 Å². The van der Waals surface area contributed by atoms with Crippen LogP contribution in [0.15, 0.2) is 78.6 Å². The summed E-state index contributed by atoms with van der Waals surface area (Å²) in [6.07, 6.45) is 3.54. The van der Waals surface area contributed by atoms with Gasteiger partial charge in [0.1, 0.15) is 5.70 Å². The molecule has 1 N–H and O–H groups in total. The number of nitrogens with zero attached hydrogens (tertiary/aromatic N) is 3. The van der Waals surface area contributed by atoms with Crippen molar-refractivity contribution in [2.75, 3.05) is 0 Å². The second-order valence-electron chi connectivity index (χ2n) is 7.91. The lowest BCUT2D eigenvalue weighted by Gasteiger charge is -2.11. The van der Waals surface area contributed by atoms with E-state index in [2.05, 4.69) is 20.9 Å². The Morgan fingerprint density at radius 1 is 0.969 bits per heavy atom. The molecule has 32 heavy (non-hydrogen) atoms. The molecule has 0 aliphatic carbocycles. The summed E-state index contributed by atoms with van der Waals surface area (Å²) < 4.78 is 2.14. The molecule has 2 aromatic heterocycles. The number of fused-ring (bicyclic) bond motifs is 1. The summed E-state index contributed by atoms with van der Waals surface area (Å²) in [6, 6.07) is 21.2. The second kappa shape index (κ2) is 7.81. The molecule has 5 rings (SSSR count). The van der Waals surface area contributed by atoms with Gasteiger partial charge in [0, 0.05) is 28.7 Å². The van der Waals surface area contributed by atoms with Crippen LogP contribution in [0.2, 0.25) is 0 Å². The third-order valence-corrected chi connectivity index (χ3v) is 5.76. The Morgan fingerprint density at radius 3 is 2.59 bits per heavy atom. The van der Waals surface area contributed by atoms with Crippen molar-refractivity contribution < 1.29 is 9.59 Å². The zero-order valence-electron chi connectivity index (χ0n) is 17.9. The first kappa shape index (κ1) is 19.8. The van der Waals surface area contributed by atoms with Gasteiger partial charge in [-0.15, -0.1) is 0 Å². The number of carbonyl (C=O) groups is 2. The van der Waals surface area contributed by atoms with Gasteiger partial charge in [-0.1, -0.05) is 36.4 Å². The number of imide groups is 1. The third-order valence-electron chi connectivity index (χ3n) is 5.76. The number of aromatic nitrogens is 2. The number of aryl methyl sites for hydroxylation is 1. The molecule has 1 aliphatic rings. The molecule has 1 aliphatic heterocycles. The number of hydrogen-bond donors (Lipinski definition) is 1. The molecule has 4 aromatic rings. The maximum atomic E-state index is 12.9. The summed E-state index contributed by atoms with van der Waals surface area (Å²) in [7, 11) is 0. The van der Waals surface area contributed by atoms with Gasteiger partial charge in [-0.25, -0.2) is 4.79 Å². The fourth-order valence-corrected chi connectivity index (χ4v) is 4.17. The lowest BCUT2D eigenvalue weighted by atomic mass is 10.2. The van der Waals surface area contributed by atoms with Crippen molar-refractivity contribution in [3.8, 4) is 5.69 Å². The summed E-state index contributed by atoms with van der Waals surface area (Å²) >= 11 is 0. The monoisotopic (exact) mass is 422 g/mol. The van der Waals surface area contributed by atoms with Gasteiger partial charge in [0.15, 0.2) is 0 Å². The number of rotatable bonds is 4. The quantitative estimate of drug-likeness (QED) is 0.382. The minimum atomic E-state index is -0.402. The fourth-order valence-electron chi connectivity index (χ4n) is 4.17. The average Bonchev–Trinajstić information content (AvgIpc) is 3.23. The van der Waals surface area contributed by atoms with Crippen molar-refractivity contribution in [3.63, 3.8) is 0 Å². The van der Waals surface area contributed by atoms with Crippen LogP contribution in [0, 0.1) is 13.8 Å². The van der Waals surface area contributed by atoms with Gasteiger partial charge in [0.2, 0.25) is 0 Å². The zero-order valence-corrected chi connectivity index (χ0v) is 17.9. The van der Waals surface area contributed by atoms with Crippen LogP contribution in [0.3, 0.4) is 0 Å². The largest absolute Gasteiger partial charge is 0.329 e. The molecule has 6 nitrogen and oxygen atoms in total. The highest BCUT2D eigenvalue weighted by atomic mass is 16.2. The molecule has 0 radical (unpaired) electrons. The van der Waals surface area contributed by atoms with Crippen molar-refractivity contribution in [2.45, 2.75) is 20.4 Å². The number of nitrogens with one attached hydrogen (secondary N) is 1. The van der Waals surface area contributed by atoms with Gasteiger partial charge < -0.3 is 9.88 Å². The number of amides is 3. The molecule has 6 heteroatoms. The van der Waals surface area contributed by atoms with Crippen molar-refractivity contribution >= 4 is 28.9 Å². The van der Waals surface area contributed by atoms with Crippen LogP contribution in [-0.4, -0.2) is 26.4 Å². The van der Waals surface area contributed by atoms with Gasteiger partial charge >= 0.3 is 6.03 Å². The average molecular weight is 422 g/mol. The Balaban J connectivity index is 1.47. The number of carbonyl (C=O) groups excluding carboxylic acids is 2. The van der Waals surface area contributed by atoms with Crippen LogP contribution >= 0.6 is 0 Å². The molecule has 1 saturated heterocycles. The molecular formula is C26H22N4O2. The van der Waals surface area contributed by atoms with E-state index in [1.54, 1.807) is 12.3 Å². The van der Waals surface area contributed by atoms with Crippen LogP contribution in [0.1, 0.15) is 22.5 Å². The topological polar surface area (TPSA) is 67.2 Å². The smallest absolute Gasteiger partial charge is 0.318 e. The summed E-state index contributed by atoms with van der Waals surface area (Å²) in [4.78, 5) is 31.0. The highest BCUT2D eigenvalue weighted by Crippen LogP contribution is 2.26. The molecule has 0 saturated carbocycles. The van der Waals surface area contributed by atoms with Crippen molar-refractivity contribution in [1.29, 1.82) is 0 Å². The number of pyridine rings is 1. The van der Waals surface area contributed by atoms with Gasteiger partial charge in [-0.3, -0.25) is 14.7 Å². The Bertz CT molecular complexity index is 1390. The molecule has 0 spiro atoms. The van der Waals surface area contributed by atoms with Crippen molar-refractivity contribution in [3.05, 3.63) is 101 Å². The van der Waals surface area contributed by atoms with E-state index in [4.69, 9.17) is 0 Å². The zero-order chi connectivity index (χ0) is 22.2. The van der Waals surface area contributed by atoms with Crippen LogP contribution in [-0.2, 0) is 11.3 Å². The normalized spacial score (nSPS) is 15.1. The summed E-state index contributed by atoms with van der Waals surface area (Å²) in [5.74, 6) is -0.319. The summed E-state index contributed by atoms with van der Waals surface area (Å²) in [5, 5.41) is 3.79. The van der Waals surface area contributed by atoms with E-state index in [0.717, 1.165) is 39.1 Å². The number of benzene rings is 2. The molecule has 158 valence electrons. The first-order valence-corrected chi connectivity index (χ1v) is 10.4. The molecule has 0 atom stereocenters. The molecule has 0 unspecified atom stereocenters. The minimum Gasteiger partial charge on any atom is -0.318 e. The predicted molar refractivity (Wildman–Crippen MR) is 124 cm³/mol. The second-order valence-corrected chi connectivity index (χ2v) is 7.91. The molecule has 3 heterocycles. The molecular weight excluding hydrogens is 400 g/mol. The lowest BCUT2D eigenvalue weighted by Crippen LogP contribution is -2.30. The van der Waals surface area contributed by atoms with Gasteiger partial charge in [0.05, 0.1) is 12.1 Å². The van der Waals surface area contributed by atoms with E-state index in [0.29, 0.717) is 0 Å². The van der Waals surface area contributed by atoms with E-state index < -0.39 is 6.03 Å². The van der Waals surface area contributed by atoms with Crippen LogP contribution in [0.5, 0.6) is 0 Å². The molecule has 3 amide bonds. The van der Waals surface area contributed by atoms with Gasteiger partial charge in [0.25, 0.3) is 5.91 Å². The van der Waals surface area contributed by atoms with Crippen LogP contribution in [0.4, 0.5) is 4.79 Å². The predicted octanol–water partition coefficient (Wildman–Crippen LogP) is 4.74. The first-order chi connectivity index (χ1) is 15.5. The van der Waals surface area contributed by atoms with E-state index in [-0.39, 0.29) is 18.1 Å². The summed E-state index contributed by atoms with van der Waals surface area (Å²) in [5.41, 5.74) is 6.07. The van der Waals surface area contributed by atoms with Crippen molar-refractivity contribution in [2.24, 2.45) is 0 Å². The SMILES string of the molecule is Cc1cc(/C=C2/NC(=O)N(Cc3ccccc3)C2=O)c(C)n1-c1ccc2ncccc2c1.